The summed E-state index contributed by atoms with van der Waals surface area (Å²) in [5.74, 6) is -0.0556. The number of aromatic amines is 1. The minimum Gasteiger partial charge on any atom is -0.345 e. The molecule has 0 saturated carbocycles. The largest absolute Gasteiger partial charge is 0.345 e. The summed E-state index contributed by atoms with van der Waals surface area (Å²) in [6.07, 6.45) is 5.33. The van der Waals surface area contributed by atoms with Crippen LogP contribution in [-0.2, 0) is 11.2 Å². The average Bonchev–Trinajstić information content (AvgIpc) is 2.89. The Labute approximate surface area is 116 Å². The van der Waals surface area contributed by atoms with Crippen LogP contribution in [0.5, 0.6) is 0 Å². The van der Waals surface area contributed by atoms with E-state index in [-0.39, 0.29) is 5.91 Å². The number of hydrogen-bond acceptors (Lipinski definition) is 3. The number of carbonyl (C=O) groups excluding carboxylic acids is 1. The minimum absolute atomic E-state index is 0.0556. The highest BCUT2D eigenvalue weighted by atomic mass is 16.1. The molecule has 0 bridgehead atoms. The topological polar surface area (TPSA) is 70.7 Å². The van der Waals surface area contributed by atoms with Gasteiger partial charge in [-0.05, 0) is 36.2 Å². The van der Waals surface area contributed by atoms with Gasteiger partial charge >= 0.3 is 0 Å². The highest BCUT2D eigenvalue weighted by Crippen LogP contribution is 2.14. The van der Waals surface area contributed by atoms with Crippen LogP contribution in [0.15, 0.2) is 43.0 Å². The third kappa shape index (κ3) is 2.51. The Bertz CT molecular complexity index is 763. The number of aromatic nitrogens is 3. The lowest BCUT2D eigenvalue weighted by Gasteiger charge is -2.07. The maximum Gasteiger partial charge on any atom is 0.228 e. The number of nitrogens with zero attached hydrogens (tertiary/aromatic N) is 2. The molecule has 0 saturated heterocycles. The molecule has 20 heavy (non-hydrogen) atoms. The zero-order valence-corrected chi connectivity index (χ0v) is 11.1. The molecule has 0 aliphatic carbocycles. The lowest BCUT2D eigenvalue weighted by molar-refractivity contribution is -0.115. The molecule has 2 N–H and O–H groups in total. The number of fused-ring (bicyclic) bond motifs is 1. The van der Waals surface area contributed by atoms with Crippen LogP contribution in [0.4, 0.5) is 5.69 Å². The van der Waals surface area contributed by atoms with Gasteiger partial charge in [0.15, 0.2) is 0 Å². The third-order valence-corrected chi connectivity index (χ3v) is 3.16. The van der Waals surface area contributed by atoms with Crippen molar-refractivity contribution in [2.45, 2.75) is 13.3 Å². The predicted octanol–water partition coefficient (Wildman–Crippen LogP) is 2.45. The fourth-order valence-corrected chi connectivity index (χ4v) is 2.07. The number of H-pyrrole nitrogens is 1. The number of imidazole rings is 1. The Hall–Kier alpha value is -2.69. The van der Waals surface area contributed by atoms with Gasteiger partial charge in [0.2, 0.25) is 5.91 Å². The van der Waals surface area contributed by atoms with Crippen molar-refractivity contribution in [2.75, 3.05) is 5.32 Å². The molecular formula is C15H14N4O. The van der Waals surface area contributed by atoms with Gasteiger partial charge in [-0.15, -0.1) is 0 Å². The average molecular weight is 266 g/mol. The van der Waals surface area contributed by atoms with E-state index in [4.69, 9.17) is 0 Å². The van der Waals surface area contributed by atoms with E-state index in [0.29, 0.717) is 6.42 Å². The van der Waals surface area contributed by atoms with Gasteiger partial charge in [-0.2, -0.15) is 0 Å². The summed E-state index contributed by atoms with van der Waals surface area (Å²) in [4.78, 5) is 23.2. The van der Waals surface area contributed by atoms with Crippen LogP contribution < -0.4 is 5.32 Å². The number of nitrogens with one attached hydrogen (secondary N) is 2. The quantitative estimate of drug-likeness (QED) is 0.765. The molecule has 0 fully saturated rings. The Morgan fingerprint density at radius 1 is 1.35 bits per heavy atom. The zero-order valence-electron chi connectivity index (χ0n) is 11.1. The number of carbonyl (C=O) groups is 1. The Morgan fingerprint density at radius 2 is 2.25 bits per heavy atom. The van der Waals surface area contributed by atoms with Gasteiger partial charge in [0.05, 0.1) is 35.7 Å². The Kier molecular flexibility index (Phi) is 3.16. The monoisotopic (exact) mass is 266 g/mol. The first kappa shape index (κ1) is 12.3. The standard InChI is InChI=1S/C15H14N4O/c1-10-4-5-16-8-14(10)19-15(20)7-11-2-3-12-13(6-11)18-9-17-12/h2-6,8-9H,7H2,1H3,(H,17,18)(H,19,20). The Morgan fingerprint density at radius 3 is 3.10 bits per heavy atom. The van der Waals surface area contributed by atoms with E-state index >= 15 is 0 Å². The van der Waals surface area contributed by atoms with E-state index in [2.05, 4.69) is 20.3 Å². The molecule has 5 nitrogen and oxygen atoms in total. The maximum absolute atomic E-state index is 12.0. The van der Waals surface area contributed by atoms with Gasteiger partial charge in [-0.3, -0.25) is 9.78 Å². The zero-order chi connectivity index (χ0) is 13.9. The molecule has 0 atom stereocenters. The summed E-state index contributed by atoms with van der Waals surface area (Å²) < 4.78 is 0. The van der Waals surface area contributed by atoms with Crippen LogP contribution in [0.25, 0.3) is 11.0 Å². The first-order valence-electron chi connectivity index (χ1n) is 6.35. The van der Waals surface area contributed by atoms with Crippen molar-refractivity contribution >= 4 is 22.6 Å². The molecule has 3 rings (SSSR count). The normalized spacial score (nSPS) is 10.7. The van der Waals surface area contributed by atoms with E-state index in [1.807, 2.05) is 31.2 Å². The highest BCUT2D eigenvalue weighted by Gasteiger charge is 2.07. The number of pyridine rings is 1. The molecule has 0 spiro atoms. The molecule has 2 aromatic heterocycles. The summed E-state index contributed by atoms with van der Waals surface area (Å²) in [5.41, 5.74) is 4.53. The van der Waals surface area contributed by atoms with Crippen molar-refractivity contribution < 1.29 is 4.79 Å². The molecular weight excluding hydrogens is 252 g/mol. The van der Waals surface area contributed by atoms with Gasteiger partial charge in [-0.25, -0.2) is 4.98 Å². The van der Waals surface area contributed by atoms with Crippen molar-refractivity contribution in [1.82, 2.24) is 15.0 Å². The van der Waals surface area contributed by atoms with E-state index in [1.165, 1.54) is 0 Å². The van der Waals surface area contributed by atoms with Crippen molar-refractivity contribution in [2.24, 2.45) is 0 Å². The maximum atomic E-state index is 12.0. The van der Waals surface area contributed by atoms with Crippen LogP contribution in [0.1, 0.15) is 11.1 Å². The Balaban J connectivity index is 1.74. The number of amides is 1. The van der Waals surface area contributed by atoms with E-state index in [1.54, 1.807) is 18.7 Å². The number of rotatable bonds is 3. The van der Waals surface area contributed by atoms with Gasteiger partial charge in [0.1, 0.15) is 0 Å². The molecule has 0 radical (unpaired) electrons. The summed E-state index contributed by atoms with van der Waals surface area (Å²) in [6, 6.07) is 7.63. The van der Waals surface area contributed by atoms with Crippen molar-refractivity contribution in [3.8, 4) is 0 Å². The van der Waals surface area contributed by atoms with Crippen molar-refractivity contribution in [3.05, 3.63) is 54.1 Å². The first-order chi connectivity index (χ1) is 9.72. The van der Waals surface area contributed by atoms with E-state index < -0.39 is 0 Å². The molecule has 1 amide bonds. The predicted molar refractivity (Wildman–Crippen MR) is 77.4 cm³/mol. The molecule has 0 aliphatic heterocycles. The summed E-state index contributed by atoms with van der Waals surface area (Å²) in [6.45, 7) is 1.94. The van der Waals surface area contributed by atoms with E-state index in [0.717, 1.165) is 27.8 Å². The molecule has 5 heteroatoms. The fraction of sp³-hybridized carbons (Fsp3) is 0.133. The summed E-state index contributed by atoms with van der Waals surface area (Å²) in [7, 11) is 0. The van der Waals surface area contributed by atoms with Gasteiger partial charge < -0.3 is 10.3 Å². The second kappa shape index (κ2) is 5.13. The van der Waals surface area contributed by atoms with Gasteiger partial charge in [0, 0.05) is 6.20 Å². The lowest BCUT2D eigenvalue weighted by atomic mass is 10.1. The smallest absolute Gasteiger partial charge is 0.228 e. The number of anilines is 1. The summed E-state index contributed by atoms with van der Waals surface area (Å²) in [5, 5.41) is 2.87. The van der Waals surface area contributed by atoms with Crippen LogP contribution in [0, 0.1) is 6.92 Å². The van der Waals surface area contributed by atoms with Gasteiger partial charge in [0.25, 0.3) is 0 Å². The second-order valence-electron chi connectivity index (χ2n) is 4.67. The van der Waals surface area contributed by atoms with Crippen molar-refractivity contribution in [3.63, 3.8) is 0 Å². The van der Waals surface area contributed by atoms with Crippen LogP contribution in [-0.4, -0.2) is 20.9 Å². The number of benzene rings is 1. The molecule has 0 aliphatic rings. The molecule has 1 aromatic carbocycles. The van der Waals surface area contributed by atoms with E-state index in [9.17, 15) is 4.79 Å². The number of hydrogen-bond donors (Lipinski definition) is 2. The molecule has 100 valence electrons. The third-order valence-electron chi connectivity index (χ3n) is 3.16. The first-order valence-corrected chi connectivity index (χ1v) is 6.35. The lowest BCUT2D eigenvalue weighted by Crippen LogP contribution is -2.15. The van der Waals surface area contributed by atoms with Crippen LogP contribution in [0.2, 0.25) is 0 Å². The highest BCUT2D eigenvalue weighted by molar-refractivity contribution is 5.93. The molecule has 2 heterocycles. The fourth-order valence-electron chi connectivity index (χ4n) is 2.07. The second-order valence-corrected chi connectivity index (χ2v) is 4.67. The van der Waals surface area contributed by atoms with Gasteiger partial charge in [-0.1, -0.05) is 6.07 Å². The van der Waals surface area contributed by atoms with Crippen molar-refractivity contribution in [1.29, 1.82) is 0 Å². The van der Waals surface area contributed by atoms with Crippen LogP contribution in [0.3, 0.4) is 0 Å². The number of aryl methyl sites for hydroxylation is 1. The SMILES string of the molecule is Cc1ccncc1NC(=O)Cc1ccc2nc[nH]c2c1. The van der Waals surface area contributed by atoms with Crippen LogP contribution >= 0.6 is 0 Å². The molecule has 3 aromatic rings. The summed E-state index contributed by atoms with van der Waals surface area (Å²) >= 11 is 0. The molecule has 0 unspecified atom stereocenters. The minimum atomic E-state index is -0.0556.